The Bertz CT molecular complexity index is 911. The van der Waals surface area contributed by atoms with Crippen LogP contribution in [-0.2, 0) is 4.79 Å². The van der Waals surface area contributed by atoms with Crippen LogP contribution in [0.2, 0.25) is 5.02 Å². The first-order chi connectivity index (χ1) is 15.6. The van der Waals surface area contributed by atoms with Crippen LogP contribution in [0.5, 0.6) is 5.75 Å². The minimum Gasteiger partial charge on any atom is -0.489 e. The average Bonchev–Trinajstić information content (AvgIpc) is 2.75. The maximum absolute atomic E-state index is 13.1. The van der Waals surface area contributed by atoms with Gasteiger partial charge < -0.3 is 20.1 Å². The van der Waals surface area contributed by atoms with Crippen molar-refractivity contribution >= 4 is 17.5 Å². The Morgan fingerprint density at radius 1 is 1.24 bits per heavy atom. The molecule has 4 rings (SSSR count). The lowest BCUT2D eigenvalue weighted by atomic mass is 9.49. The van der Waals surface area contributed by atoms with E-state index in [0.717, 1.165) is 38.8 Å². The molecule has 3 fully saturated rings. The van der Waals surface area contributed by atoms with Crippen molar-refractivity contribution in [2.45, 2.75) is 71.6 Å². The highest BCUT2D eigenvalue weighted by atomic mass is 35.5. The number of amides is 1. The van der Waals surface area contributed by atoms with Crippen molar-refractivity contribution in [3.63, 3.8) is 0 Å². The van der Waals surface area contributed by atoms with Gasteiger partial charge in [-0.3, -0.25) is 4.79 Å². The van der Waals surface area contributed by atoms with Crippen LogP contribution in [-0.4, -0.2) is 53.8 Å². The van der Waals surface area contributed by atoms with Crippen LogP contribution in [0.3, 0.4) is 0 Å². The van der Waals surface area contributed by atoms with E-state index in [1.807, 2.05) is 0 Å². The van der Waals surface area contributed by atoms with Crippen LogP contribution in [0.1, 0.15) is 58.9 Å². The van der Waals surface area contributed by atoms with E-state index in [1.54, 1.807) is 18.2 Å². The minimum absolute atomic E-state index is 0.00991. The zero-order valence-electron chi connectivity index (χ0n) is 20.1. The summed E-state index contributed by atoms with van der Waals surface area (Å²) in [5.41, 5.74) is -0.0538. The van der Waals surface area contributed by atoms with Crippen molar-refractivity contribution in [2.75, 3.05) is 19.7 Å². The maximum atomic E-state index is 13.1. The fraction of sp³-hybridized carbons (Fsp3) is 0.692. The topological polar surface area (TPSA) is 85.6 Å². The van der Waals surface area contributed by atoms with Crippen molar-refractivity contribution in [1.29, 1.82) is 5.26 Å². The number of aliphatic hydroxyl groups excluding tert-OH is 1. The third-order valence-electron chi connectivity index (χ3n) is 8.35. The van der Waals surface area contributed by atoms with Crippen molar-refractivity contribution in [2.24, 2.45) is 22.7 Å². The van der Waals surface area contributed by atoms with E-state index in [1.165, 1.54) is 0 Å². The van der Waals surface area contributed by atoms with Gasteiger partial charge in [0.1, 0.15) is 17.9 Å². The number of hydrogen-bond donors (Lipinski definition) is 2. The highest BCUT2D eigenvalue weighted by Crippen LogP contribution is 2.56. The third-order valence-corrected chi connectivity index (χ3v) is 8.66. The van der Waals surface area contributed by atoms with Gasteiger partial charge in [-0.2, -0.15) is 5.26 Å². The Morgan fingerprint density at radius 3 is 2.42 bits per heavy atom. The molecule has 0 radical (unpaired) electrons. The molecule has 0 unspecified atom stereocenters. The summed E-state index contributed by atoms with van der Waals surface area (Å²) < 4.78 is 6.32. The molecule has 1 saturated heterocycles. The number of likely N-dealkylation sites (tertiary alicyclic amines) is 1. The van der Waals surface area contributed by atoms with E-state index >= 15 is 0 Å². The van der Waals surface area contributed by atoms with E-state index in [9.17, 15) is 9.90 Å². The zero-order chi connectivity index (χ0) is 24.0. The number of benzene rings is 1. The van der Waals surface area contributed by atoms with Gasteiger partial charge in [-0.25, -0.2) is 0 Å². The number of ether oxygens (including phenoxy) is 1. The number of halogens is 1. The molecule has 6 nitrogen and oxygen atoms in total. The number of nitrogens with zero attached hydrogens (tertiary/aromatic N) is 2. The molecular formula is C26H36ClN3O3. The molecule has 1 aromatic rings. The van der Waals surface area contributed by atoms with E-state index in [4.69, 9.17) is 21.6 Å². The fourth-order valence-electron chi connectivity index (χ4n) is 6.46. The van der Waals surface area contributed by atoms with E-state index in [-0.39, 0.29) is 34.8 Å². The molecule has 3 aliphatic rings. The first-order valence-electron chi connectivity index (χ1n) is 12.1. The second-order valence-electron chi connectivity index (χ2n) is 11.3. The van der Waals surface area contributed by atoms with E-state index < -0.39 is 0 Å². The number of nitrogens with one attached hydrogen (secondary N) is 1. The molecule has 2 aliphatic carbocycles. The molecule has 0 atom stereocenters. The molecule has 1 amide bonds. The molecule has 2 saturated carbocycles. The van der Waals surface area contributed by atoms with Crippen LogP contribution in [0, 0.1) is 34.0 Å². The summed E-state index contributed by atoms with van der Waals surface area (Å²) in [6.07, 6.45) is 3.86. The van der Waals surface area contributed by atoms with Crippen molar-refractivity contribution in [3.8, 4) is 11.8 Å². The summed E-state index contributed by atoms with van der Waals surface area (Å²) in [6.45, 7) is 10.9. The normalized spacial score (nSPS) is 31.1. The van der Waals surface area contributed by atoms with Crippen LogP contribution in [0.25, 0.3) is 0 Å². The Balaban J connectivity index is 1.31. The van der Waals surface area contributed by atoms with Gasteiger partial charge in [0.25, 0.3) is 0 Å². The number of nitriles is 1. The Hall–Kier alpha value is -1.81. The van der Waals surface area contributed by atoms with Crippen LogP contribution in [0.15, 0.2) is 18.2 Å². The molecule has 33 heavy (non-hydrogen) atoms. The van der Waals surface area contributed by atoms with Gasteiger partial charge in [-0.1, -0.05) is 39.3 Å². The predicted molar refractivity (Wildman–Crippen MR) is 128 cm³/mol. The molecule has 1 aliphatic heterocycles. The molecule has 1 aromatic carbocycles. The quantitative estimate of drug-likeness (QED) is 0.652. The van der Waals surface area contributed by atoms with Gasteiger partial charge in [0.05, 0.1) is 10.6 Å². The zero-order valence-corrected chi connectivity index (χ0v) is 20.9. The molecule has 180 valence electrons. The highest BCUT2D eigenvalue weighted by molar-refractivity contribution is 6.31. The Morgan fingerprint density at radius 2 is 1.88 bits per heavy atom. The van der Waals surface area contributed by atoms with Gasteiger partial charge in [-0.15, -0.1) is 0 Å². The summed E-state index contributed by atoms with van der Waals surface area (Å²) in [4.78, 5) is 15.6. The van der Waals surface area contributed by atoms with E-state index in [2.05, 4.69) is 44.0 Å². The van der Waals surface area contributed by atoms with E-state index in [0.29, 0.717) is 34.9 Å². The monoisotopic (exact) mass is 473 g/mol. The number of aliphatic hydroxyl groups is 1. The number of carbonyl (C=O) groups is 1. The minimum atomic E-state index is -0.241. The average molecular weight is 474 g/mol. The second-order valence-corrected chi connectivity index (χ2v) is 11.7. The first-order valence-corrected chi connectivity index (χ1v) is 12.5. The van der Waals surface area contributed by atoms with Crippen LogP contribution < -0.4 is 10.1 Å². The molecule has 0 aromatic heterocycles. The lowest BCUT2D eigenvalue weighted by Crippen LogP contribution is -2.75. The third kappa shape index (κ3) is 4.48. The SMILES string of the molecule is CC1(C)C(NC(=O)C2CC(N3CCC(CO)CC3)C2)C(C)(C)C1Oc1ccc(C#N)c(Cl)c1. The van der Waals surface area contributed by atoms with Crippen LogP contribution >= 0.6 is 11.6 Å². The Labute approximate surface area is 202 Å². The number of piperidine rings is 1. The largest absolute Gasteiger partial charge is 0.489 e. The second kappa shape index (κ2) is 9.09. The Kier molecular flexibility index (Phi) is 6.70. The molecule has 2 N–H and O–H groups in total. The lowest BCUT2D eigenvalue weighted by Gasteiger charge is -2.63. The maximum Gasteiger partial charge on any atom is 0.223 e. The molecule has 1 heterocycles. The fourth-order valence-corrected chi connectivity index (χ4v) is 6.67. The van der Waals surface area contributed by atoms with Gasteiger partial charge in [-0.05, 0) is 56.8 Å². The van der Waals surface area contributed by atoms with Crippen molar-refractivity contribution in [3.05, 3.63) is 28.8 Å². The molecule has 0 bridgehead atoms. The van der Waals surface area contributed by atoms with Gasteiger partial charge >= 0.3 is 0 Å². The first kappa shape index (κ1) is 24.3. The summed E-state index contributed by atoms with van der Waals surface area (Å²) in [6, 6.07) is 7.72. The van der Waals surface area contributed by atoms with Crippen molar-refractivity contribution < 1.29 is 14.6 Å². The summed E-state index contributed by atoms with van der Waals surface area (Å²) in [5.74, 6) is 1.32. The van der Waals surface area contributed by atoms with Crippen molar-refractivity contribution in [1.82, 2.24) is 10.2 Å². The highest BCUT2D eigenvalue weighted by Gasteiger charge is 2.64. The molecule has 7 heteroatoms. The lowest BCUT2D eigenvalue weighted by molar-refractivity contribution is -0.176. The van der Waals surface area contributed by atoms with Crippen LogP contribution in [0.4, 0.5) is 0 Å². The van der Waals surface area contributed by atoms with Gasteiger partial charge in [0, 0.05) is 41.5 Å². The van der Waals surface area contributed by atoms with Gasteiger partial charge in [0.2, 0.25) is 5.91 Å². The number of hydrogen-bond acceptors (Lipinski definition) is 5. The number of rotatable bonds is 6. The smallest absolute Gasteiger partial charge is 0.223 e. The number of carbonyl (C=O) groups excluding carboxylic acids is 1. The molecule has 0 spiro atoms. The summed E-state index contributed by atoms with van der Waals surface area (Å²) in [5, 5.41) is 22.2. The standard InChI is InChI=1S/C26H36ClN3O3/c1-25(2)23(26(3,4)24(25)33-20-6-5-17(14-28)21(27)13-20)29-22(32)18-11-19(12-18)30-9-7-16(15-31)8-10-30/h5-6,13,16,18-19,23-24,31H,7-12,15H2,1-4H3,(H,29,32). The summed E-state index contributed by atoms with van der Waals surface area (Å²) >= 11 is 6.18. The summed E-state index contributed by atoms with van der Waals surface area (Å²) in [7, 11) is 0. The predicted octanol–water partition coefficient (Wildman–Crippen LogP) is 3.99. The van der Waals surface area contributed by atoms with Gasteiger partial charge in [0.15, 0.2) is 0 Å². The molecular weight excluding hydrogens is 438 g/mol.